The highest BCUT2D eigenvalue weighted by Crippen LogP contribution is 2.17. The first-order chi connectivity index (χ1) is 9.06. The first kappa shape index (κ1) is 13.9. The number of hydrogen-bond acceptors (Lipinski definition) is 1. The number of benzene rings is 1. The molecule has 2 amide bonds. The molecule has 0 spiro atoms. The Morgan fingerprint density at radius 3 is 2.68 bits per heavy atom. The largest absolute Gasteiger partial charge is 0.324 e. The molecule has 3 nitrogen and oxygen atoms in total. The van der Waals surface area contributed by atoms with Crippen LogP contribution in [0.5, 0.6) is 0 Å². The molecule has 0 aliphatic carbocycles. The van der Waals surface area contributed by atoms with Gasteiger partial charge in [-0.2, -0.15) is 0 Å². The molecule has 0 saturated carbocycles. The van der Waals surface area contributed by atoms with Gasteiger partial charge in [0.2, 0.25) is 0 Å². The average molecular weight is 260 g/mol. The third-order valence-corrected chi connectivity index (χ3v) is 3.79. The second-order valence-corrected chi connectivity index (χ2v) is 5.82. The van der Waals surface area contributed by atoms with Crippen molar-refractivity contribution in [1.29, 1.82) is 0 Å². The Balaban J connectivity index is 1.93. The number of nitrogens with zero attached hydrogens (tertiary/aromatic N) is 2. The molecule has 0 N–H and O–H groups in total. The molecule has 1 unspecified atom stereocenters. The molecule has 1 aromatic carbocycles. The maximum atomic E-state index is 12.4. The van der Waals surface area contributed by atoms with Crippen LogP contribution in [0.3, 0.4) is 0 Å². The molecule has 3 heteroatoms. The van der Waals surface area contributed by atoms with Gasteiger partial charge in [0.25, 0.3) is 0 Å². The highest BCUT2D eigenvalue weighted by Gasteiger charge is 2.23. The van der Waals surface area contributed by atoms with Gasteiger partial charge in [0.05, 0.1) is 0 Å². The Hall–Kier alpha value is -1.51. The molecule has 0 radical (unpaired) electrons. The van der Waals surface area contributed by atoms with Gasteiger partial charge in [0.15, 0.2) is 0 Å². The van der Waals surface area contributed by atoms with Crippen molar-refractivity contribution in [2.45, 2.75) is 33.2 Å². The van der Waals surface area contributed by atoms with Crippen molar-refractivity contribution in [2.75, 3.05) is 20.1 Å². The van der Waals surface area contributed by atoms with Crippen LogP contribution in [0.15, 0.2) is 24.3 Å². The van der Waals surface area contributed by atoms with Crippen molar-refractivity contribution in [2.24, 2.45) is 5.92 Å². The summed E-state index contributed by atoms with van der Waals surface area (Å²) in [6.07, 6.45) is 2.37. The molecule has 104 valence electrons. The van der Waals surface area contributed by atoms with Crippen molar-refractivity contribution >= 4 is 6.03 Å². The Bertz CT molecular complexity index is 427. The van der Waals surface area contributed by atoms with Crippen LogP contribution in [0.25, 0.3) is 0 Å². The Labute approximate surface area is 116 Å². The summed E-state index contributed by atoms with van der Waals surface area (Å²) in [6, 6.07) is 8.54. The Kier molecular flexibility index (Phi) is 4.46. The number of carbonyl (C=O) groups is 1. The van der Waals surface area contributed by atoms with E-state index in [1.807, 2.05) is 16.8 Å². The summed E-state index contributed by atoms with van der Waals surface area (Å²) in [5, 5.41) is 0. The normalized spacial score (nSPS) is 19.3. The summed E-state index contributed by atoms with van der Waals surface area (Å²) in [6.45, 7) is 6.79. The van der Waals surface area contributed by atoms with Gasteiger partial charge in [-0.15, -0.1) is 0 Å². The lowest BCUT2D eigenvalue weighted by Crippen LogP contribution is -2.45. The molecule has 0 bridgehead atoms. The molecule has 19 heavy (non-hydrogen) atoms. The van der Waals surface area contributed by atoms with Crippen LogP contribution in [-0.4, -0.2) is 36.0 Å². The van der Waals surface area contributed by atoms with Crippen molar-refractivity contribution in [3.63, 3.8) is 0 Å². The number of piperidine rings is 1. The first-order valence-electron chi connectivity index (χ1n) is 7.12. The van der Waals surface area contributed by atoms with Crippen LogP contribution in [0, 0.1) is 12.8 Å². The molecule has 1 aromatic rings. The van der Waals surface area contributed by atoms with Gasteiger partial charge in [0, 0.05) is 26.7 Å². The summed E-state index contributed by atoms with van der Waals surface area (Å²) in [7, 11) is 1.89. The lowest BCUT2D eigenvalue weighted by molar-refractivity contribution is 0.137. The van der Waals surface area contributed by atoms with Gasteiger partial charge >= 0.3 is 6.03 Å². The smallest absolute Gasteiger partial charge is 0.320 e. The highest BCUT2D eigenvalue weighted by atomic mass is 16.2. The topological polar surface area (TPSA) is 23.6 Å². The fraction of sp³-hybridized carbons (Fsp3) is 0.562. The van der Waals surface area contributed by atoms with Crippen molar-refractivity contribution in [3.8, 4) is 0 Å². The molecule has 1 aliphatic rings. The van der Waals surface area contributed by atoms with E-state index in [1.165, 1.54) is 17.5 Å². The number of aryl methyl sites for hydroxylation is 1. The van der Waals surface area contributed by atoms with E-state index in [0.29, 0.717) is 12.5 Å². The van der Waals surface area contributed by atoms with E-state index >= 15 is 0 Å². The van der Waals surface area contributed by atoms with E-state index < -0.39 is 0 Å². The van der Waals surface area contributed by atoms with E-state index in [0.717, 1.165) is 19.5 Å². The second kappa shape index (κ2) is 6.09. The quantitative estimate of drug-likeness (QED) is 0.800. The fourth-order valence-corrected chi connectivity index (χ4v) is 2.64. The minimum absolute atomic E-state index is 0.159. The number of carbonyl (C=O) groups excluding carboxylic acids is 1. The monoisotopic (exact) mass is 260 g/mol. The summed E-state index contributed by atoms with van der Waals surface area (Å²) in [4.78, 5) is 16.2. The number of likely N-dealkylation sites (tertiary alicyclic amines) is 1. The molecule has 0 aromatic heterocycles. The zero-order chi connectivity index (χ0) is 13.8. The lowest BCUT2D eigenvalue weighted by atomic mass is 10.0. The summed E-state index contributed by atoms with van der Waals surface area (Å²) >= 11 is 0. The molecule has 1 aliphatic heterocycles. The van der Waals surface area contributed by atoms with Crippen LogP contribution >= 0.6 is 0 Å². The Morgan fingerprint density at radius 2 is 2.05 bits per heavy atom. The van der Waals surface area contributed by atoms with Gasteiger partial charge in [-0.3, -0.25) is 0 Å². The zero-order valence-corrected chi connectivity index (χ0v) is 12.2. The summed E-state index contributed by atoms with van der Waals surface area (Å²) < 4.78 is 0. The average Bonchev–Trinajstić information content (AvgIpc) is 2.40. The number of amides is 2. The van der Waals surface area contributed by atoms with E-state index in [4.69, 9.17) is 0 Å². The van der Waals surface area contributed by atoms with E-state index in [-0.39, 0.29) is 6.03 Å². The van der Waals surface area contributed by atoms with Gasteiger partial charge < -0.3 is 9.80 Å². The third kappa shape index (κ3) is 3.72. The Morgan fingerprint density at radius 1 is 1.37 bits per heavy atom. The number of hydrogen-bond donors (Lipinski definition) is 0. The van der Waals surface area contributed by atoms with Gasteiger partial charge in [-0.05, 0) is 31.2 Å². The maximum Gasteiger partial charge on any atom is 0.320 e. The standard InChI is InChI=1S/C16H24N2O/c1-13-6-8-15(9-7-13)12-17(3)16(19)18-10-4-5-14(2)11-18/h6-9,14H,4-5,10-12H2,1-3H3. The lowest BCUT2D eigenvalue weighted by Gasteiger charge is -2.34. The van der Waals surface area contributed by atoms with Gasteiger partial charge in [-0.25, -0.2) is 4.79 Å². The predicted molar refractivity (Wildman–Crippen MR) is 78.0 cm³/mol. The molecule has 1 heterocycles. The van der Waals surface area contributed by atoms with Crippen LogP contribution in [0.1, 0.15) is 30.9 Å². The van der Waals surface area contributed by atoms with Crippen molar-refractivity contribution < 1.29 is 4.79 Å². The van der Waals surface area contributed by atoms with Crippen LogP contribution < -0.4 is 0 Å². The zero-order valence-electron chi connectivity index (χ0n) is 12.2. The van der Waals surface area contributed by atoms with Crippen LogP contribution in [0.4, 0.5) is 4.79 Å². The van der Waals surface area contributed by atoms with Gasteiger partial charge in [-0.1, -0.05) is 36.8 Å². The predicted octanol–water partition coefficient (Wildman–Crippen LogP) is 3.28. The third-order valence-electron chi connectivity index (χ3n) is 3.79. The molecule has 1 saturated heterocycles. The number of urea groups is 1. The molecule has 1 fully saturated rings. The fourth-order valence-electron chi connectivity index (χ4n) is 2.64. The molecular formula is C16H24N2O. The molecule has 2 rings (SSSR count). The SMILES string of the molecule is Cc1ccc(CN(C)C(=O)N2CCCC(C)C2)cc1. The maximum absolute atomic E-state index is 12.4. The molecular weight excluding hydrogens is 236 g/mol. The summed E-state index contributed by atoms with van der Waals surface area (Å²) in [5.74, 6) is 0.630. The van der Waals surface area contributed by atoms with Crippen LogP contribution in [0.2, 0.25) is 0 Å². The van der Waals surface area contributed by atoms with Crippen molar-refractivity contribution in [3.05, 3.63) is 35.4 Å². The van der Waals surface area contributed by atoms with Crippen LogP contribution in [-0.2, 0) is 6.54 Å². The molecule has 1 atom stereocenters. The second-order valence-electron chi connectivity index (χ2n) is 5.82. The van der Waals surface area contributed by atoms with Gasteiger partial charge in [0.1, 0.15) is 0 Å². The van der Waals surface area contributed by atoms with Crippen molar-refractivity contribution in [1.82, 2.24) is 9.80 Å². The summed E-state index contributed by atoms with van der Waals surface area (Å²) in [5.41, 5.74) is 2.44. The van der Waals surface area contributed by atoms with E-state index in [1.54, 1.807) is 0 Å². The highest BCUT2D eigenvalue weighted by molar-refractivity contribution is 5.74. The van der Waals surface area contributed by atoms with E-state index in [2.05, 4.69) is 38.1 Å². The van der Waals surface area contributed by atoms with E-state index in [9.17, 15) is 4.79 Å². The first-order valence-corrected chi connectivity index (χ1v) is 7.12. The minimum atomic E-state index is 0.159. The number of rotatable bonds is 2. The minimum Gasteiger partial charge on any atom is -0.324 e.